The molecule has 0 unspecified atom stereocenters. The zero-order valence-electron chi connectivity index (χ0n) is 7.10. The summed E-state index contributed by atoms with van der Waals surface area (Å²) >= 11 is 0. The van der Waals surface area contributed by atoms with E-state index in [4.69, 9.17) is 5.11 Å². The molecule has 0 aliphatic rings. The largest absolute Gasteiger partial charge is 0.465 e. The highest BCUT2D eigenvalue weighted by Gasteiger charge is 2.06. The fourth-order valence-corrected chi connectivity index (χ4v) is 0.887. The van der Waals surface area contributed by atoms with Gasteiger partial charge in [0.1, 0.15) is 6.29 Å². The van der Waals surface area contributed by atoms with E-state index in [0.29, 0.717) is 17.5 Å². The molecule has 68 valence electrons. The number of amides is 1. The Kier molecular flexibility index (Phi) is 2.64. The van der Waals surface area contributed by atoms with Gasteiger partial charge in [-0.3, -0.25) is 9.69 Å². The Balaban J connectivity index is 2.91. The van der Waals surface area contributed by atoms with Crippen molar-refractivity contribution in [1.29, 1.82) is 0 Å². The van der Waals surface area contributed by atoms with Crippen LogP contribution >= 0.6 is 0 Å². The molecule has 0 fully saturated rings. The molecule has 1 aromatic carbocycles. The Bertz CT molecular complexity index is 318. The number of anilines is 1. The third-order valence-electron chi connectivity index (χ3n) is 1.70. The molecule has 0 radical (unpaired) electrons. The van der Waals surface area contributed by atoms with E-state index >= 15 is 0 Å². The van der Waals surface area contributed by atoms with Crippen molar-refractivity contribution >= 4 is 18.1 Å². The van der Waals surface area contributed by atoms with Crippen molar-refractivity contribution < 1.29 is 14.7 Å². The Hall–Kier alpha value is -1.84. The number of benzene rings is 1. The van der Waals surface area contributed by atoms with E-state index in [0.717, 1.165) is 4.90 Å². The maximum atomic E-state index is 10.5. The first kappa shape index (κ1) is 9.25. The molecule has 4 nitrogen and oxygen atoms in total. The van der Waals surface area contributed by atoms with Gasteiger partial charge in [0.25, 0.3) is 0 Å². The van der Waals surface area contributed by atoms with Gasteiger partial charge in [-0.1, -0.05) is 0 Å². The van der Waals surface area contributed by atoms with Gasteiger partial charge in [-0.2, -0.15) is 0 Å². The summed E-state index contributed by atoms with van der Waals surface area (Å²) in [6.45, 7) is 0. The average molecular weight is 179 g/mol. The number of carboxylic acid groups (broad SMARTS) is 1. The normalized spacial score (nSPS) is 9.31. The highest BCUT2D eigenvalue weighted by molar-refractivity contribution is 5.86. The van der Waals surface area contributed by atoms with Crippen molar-refractivity contribution in [3.8, 4) is 0 Å². The van der Waals surface area contributed by atoms with E-state index in [-0.39, 0.29) is 0 Å². The molecule has 1 aromatic rings. The lowest BCUT2D eigenvalue weighted by Gasteiger charge is -2.12. The highest BCUT2D eigenvalue weighted by Crippen LogP contribution is 2.12. The lowest BCUT2D eigenvalue weighted by Crippen LogP contribution is -2.23. The van der Waals surface area contributed by atoms with Crippen LogP contribution in [0.25, 0.3) is 0 Å². The summed E-state index contributed by atoms with van der Waals surface area (Å²) in [6.07, 6.45) is -0.316. The molecule has 0 aliphatic carbocycles. The second-order valence-corrected chi connectivity index (χ2v) is 2.55. The van der Waals surface area contributed by atoms with Crippen LogP contribution in [0.5, 0.6) is 0 Å². The van der Waals surface area contributed by atoms with Crippen LogP contribution in [0.1, 0.15) is 10.4 Å². The van der Waals surface area contributed by atoms with Crippen molar-refractivity contribution in [3.63, 3.8) is 0 Å². The first-order valence-electron chi connectivity index (χ1n) is 3.67. The summed E-state index contributed by atoms with van der Waals surface area (Å²) in [5.41, 5.74) is 1.07. The van der Waals surface area contributed by atoms with Crippen LogP contribution < -0.4 is 4.90 Å². The maximum Gasteiger partial charge on any atom is 0.411 e. The summed E-state index contributed by atoms with van der Waals surface area (Å²) in [4.78, 5) is 21.9. The molecule has 0 spiro atoms. The van der Waals surface area contributed by atoms with E-state index in [1.807, 2.05) is 0 Å². The monoisotopic (exact) mass is 179 g/mol. The Labute approximate surface area is 75.4 Å². The molecule has 0 aromatic heterocycles. The van der Waals surface area contributed by atoms with Crippen molar-refractivity contribution in [2.45, 2.75) is 0 Å². The Morgan fingerprint density at radius 2 is 1.92 bits per heavy atom. The zero-order chi connectivity index (χ0) is 9.84. The molecule has 0 atom stereocenters. The molecular formula is C9H9NO3. The highest BCUT2D eigenvalue weighted by atomic mass is 16.4. The minimum absolute atomic E-state index is 0.530. The van der Waals surface area contributed by atoms with E-state index in [9.17, 15) is 9.59 Å². The van der Waals surface area contributed by atoms with Crippen LogP contribution in [-0.4, -0.2) is 24.5 Å². The summed E-state index contributed by atoms with van der Waals surface area (Å²) in [5, 5.41) is 8.62. The minimum Gasteiger partial charge on any atom is -0.465 e. The Morgan fingerprint density at radius 1 is 1.38 bits per heavy atom. The fourth-order valence-electron chi connectivity index (χ4n) is 0.887. The third kappa shape index (κ3) is 2.05. The fraction of sp³-hybridized carbons (Fsp3) is 0.111. The quantitative estimate of drug-likeness (QED) is 0.701. The SMILES string of the molecule is CN(C(=O)O)c1ccc(C=O)cc1. The maximum absolute atomic E-state index is 10.5. The van der Waals surface area contributed by atoms with Gasteiger partial charge < -0.3 is 5.11 Å². The van der Waals surface area contributed by atoms with Gasteiger partial charge in [-0.05, 0) is 24.3 Å². The number of carbonyl (C=O) groups excluding carboxylic acids is 1. The van der Waals surface area contributed by atoms with Crippen molar-refractivity contribution in [3.05, 3.63) is 29.8 Å². The molecule has 4 heteroatoms. The van der Waals surface area contributed by atoms with Crippen LogP contribution in [-0.2, 0) is 0 Å². The summed E-state index contributed by atoms with van der Waals surface area (Å²) in [5.74, 6) is 0. The number of carbonyl (C=O) groups is 2. The molecule has 1 N–H and O–H groups in total. The van der Waals surface area contributed by atoms with Gasteiger partial charge in [0, 0.05) is 18.3 Å². The number of hydrogen-bond acceptors (Lipinski definition) is 2. The van der Waals surface area contributed by atoms with Crippen LogP contribution in [0.2, 0.25) is 0 Å². The second kappa shape index (κ2) is 3.71. The zero-order valence-corrected chi connectivity index (χ0v) is 7.10. The van der Waals surface area contributed by atoms with E-state index < -0.39 is 6.09 Å². The molecule has 1 amide bonds. The molecule has 0 bridgehead atoms. The standard InChI is InChI=1S/C9H9NO3/c1-10(9(12)13)8-4-2-7(6-11)3-5-8/h2-6H,1H3,(H,12,13). The van der Waals surface area contributed by atoms with Gasteiger partial charge in [0.05, 0.1) is 0 Å². The lowest BCUT2D eigenvalue weighted by molar-refractivity contribution is 0.112. The lowest BCUT2D eigenvalue weighted by atomic mass is 10.2. The van der Waals surface area contributed by atoms with E-state index in [2.05, 4.69) is 0 Å². The van der Waals surface area contributed by atoms with Gasteiger partial charge in [-0.15, -0.1) is 0 Å². The van der Waals surface area contributed by atoms with Crippen molar-refractivity contribution in [1.82, 2.24) is 0 Å². The molecule has 0 aliphatic heterocycles. The number of rotatable bonds is 2. The number of aldehydes is 1. The topological polar surface area (TPSA) is 57.6 Å². The van der Waals surface area contributed by atoms with Gasteiger partial charge in [-0.25, -0.2) is 4.79 Å². The number of nitrogens with zero attached hydrogens (tertiary/aromatic N) is 1. The molecule has 0 heterocycles. The molecule has 1 rings (SSSR count). The summed E-state index contributed by atoms with van der Waals surface area (Å²) in [6, 6.07) is 6.30. The van der Waals surface area contributed by atoms with Crippen LogP contribution in [0, 0.1) is 0 Å². The van der Waals surface area contributed by atoms with Crippen LogP contribution in [0.15, 0.2) is 24.3 Å². The number of hydrogen-bond donors (Lipinski definition) is 1. The Morgan fingerprint density at radius 3 is 2.31 bits per heavy atom. The van der Waals surface area contributed by atoms with E-state index in [1.54, 1.807) is 24.3 Å². The predicted octanol–water partition coefficient (Wildman–Crippen LogP) is 1.61. The predicted molar refractivity (Wildman–Crippen MR) is 48.3 cm³/mol. The second-order valence-electron chi connectivity index (χ2n) is 2.55. The van der Waals surface area contributed by atoms with Crippen molar-refractivity contribution in [2.75, 3.05) is 11.9 Å². The third-order valence-corrected chi connectivity index (χ3v) is 1.70. The van der Waals surface area contributed by atoms with Crippen molar-refractivity contribution in [2.24, 2.45) is 0 Å². The molecular weight excluding hydrogens is 170 g/mol. The van der Waals surface area contributed by atoms with E-state index in [1.165, 1.54) is 7.05 Å². The molecule has 0 saturated heterocycles. The van der Waals surface area contributed by atoms with Gasteiger partial charge in [0.15, 0.2) is 0 Å². The van der Waals surface area contributed by atoms with Crippen LogP contribution in [0.4, 0.5) is 10.5 Å². The summed E-state index contributed by atoms with van der Waals surface area (Å²) < 4.78 is 0. The van der Waals surface area contributed by atoms with Gasteiger partial charge in [0.2, 0.25) is 0 Å². The molecule has 13 heavy (non-hydrogen) atoms. The smallest absolute Gasteiger partial charge is 0.411 e. The summed E-state index contributed by atoms with van der Waals surface area (Å²) in [7, 11) is 1.44. The first-order chi connectivity index (χ1) is 6.15. The van der Waals surface area contributed by atoms with Crippen LogP contribution in [0.3, 0.4) is 0 Å². The first-order valence-corrected chi connectivity index (χ1v) is 3.67. The van der Waals surface area contributed by atoms with Gasteiger partial charge >= 0.3 is 6.09 Å². The molecule has 0 saturated carbocycles. The average Bonchev–Trinajstić information content (AvgIpc) is 2.17. The minimum atomic E-state index is -1.03.